The van der Waals surface area contributed by atoms with Crippen LogP contribution in [0.15, 0.2) is 66.7 Å². The fourth-order valence-corrected chi connectivity index (χ4v) is 4.53. The molecule has 0 radical (unpaired) electrons. The molecule has 3 nitrogen and oxygen atoms in total. The van der Waals surface area contributed by atoms with Crippen molar-refractivity contribution in [1.29, 1.82) is 0 Å². The zero-order chi connectivity index (χ0) is 27.3. The van der Waals surface area contributed by atoms with Crippen molar-refractivity contribution in [2.24, 2.45) is 5.41 Å². The van der Waals surface area contributed by atoms with E-state index in [0.29, 0.717) is 24.7 Å². The molecule has 0 aliphatic rings. The van der Waals surface area contributed by atoms with Crippen molar-refractivity contribution in [3.05, 3.63) is 88.7 Å². The van der Waals surface area contributed by atoms with Crippen LogP contribution in [0.25, 0.3) is 0 Å². The van der Waals surface area contributed by atoms with Gasteiger partial charge in [0.05, 0.1) is 16.3 Å². The highest BCUT2D eigenvalue weighted by Gasteiger charge is 2.38. The monoisotopic (exact) mass is 537 g/mol. The molecule has 37 heavy (non-hydrogen) atoms. The number of benzene rings is 3. The molecule has 0 fully saturated rings. The van der Waals surface area contributed by atoms with Crippen molar-refractivity contribution >= 4 is 31.3 Å². The number of anilines is 2. The predicted molar refractivity (Wildman–Crippen MR) is 156 cm³/mol. The molecule has 0 bridgehead atoms. The van der Waals surface area contributed by atoms with Gasteiger partial charge in [-0.3, -0.25) is 0 Å². The first-order valence-electron chi connectivity index (χ1n) is 12.5. The molecule has 0 atom stereocenters. The van der Waals surface area contributed by atoms with Gasteiger partial charge in [0, 0.05) is 17.7 Å². The lowest BCUT2D eigenvalue weighted by atomic mass is 9.95. The van der Waals surface area contributed by atoms with Crippen molar-refractivity contribution in [2.75, 3.05) is 11.9 Å². The number of nitrogens with one attached hydrogen (secondary N) is 1. The molecule has 0 amide bonds. The van der Waals surface area contributed by atoms with E-state index in [1.54, 1.807) is 12.1 Å². The molecule has 0 aromatic heterocycles. The van der Waals surface area contributed by atoms with Crippen LogP contribution < -0.4 is 10.1 Å². The second-order valence-electron chi connectivity index (χ2n) is 11.4. The zero-order valence-corrected chi connectivity index (χ0v) is 24.6. The Kier molecular flexibility index (Phi) is 9.12. The van der Waals surface area contributed by atoms with Crippen molar-refractivity contribution in [3.8, 4) is 17.6 Å². The molecule has 0 saturated heterocycles. The van der Waals surface area contributed by atoms with Gasteiger partial charge in [-0.15, -0.1) is 0 Å². The van der Waals surface area contributed by atoms with Crippen LogP contribution in [0, 0.1) is 23.1 Å². The molecule has 3 aromatic carbocycles. The Balaban J connectivity index is 1.93. The lowest BCUT2D eigenvalue weighted by Crippen LogP contribution is -2.42. The molecule has 0 aliphatic carbocycles. The quantitative estimate of drug-likeness (QED) is 0.229. The van der Waals surface area contributed by atoms with Crippen LogP contribution in [0.4, 0.5) is 15.8 Å². The maximum Gasteiger partial charge on any atom is 0.192 e. The van der Waals surface area contributed by atoms with E-state index < -0.39 is 14.1 Å². The van der Waals surface area contributed by atoms with Crippen LogP contribution in [-0.2, 0) is 11.0 Å². The van der Waals surface area contributed by atoms with Crippen LogP contribution in [-0.4, -0.2) is 14.9 Å². The molecule has 0 heterocycles. The third kappa shape index (κ3) is 8.10. The van der Waals surface area contributed by atoms with E-state index in [1.807, 2.05) is 48.5 Å². The first kappa shape index (κ1) is 28.8. The number of rotatable bonds is 8. The summed E-state index contributed by atoms with van der Waals surface area (Å²) >= 11 is 6.01. The standard InChI is InChI=1S/C31H37ClFNO2Si/c1-30(2,3)37(6,7)36-22-31(4,5)19-18-25-28(34-24-16-17-27(33)26(32)20-24)14-11-15-29(25)35-21-23-12-9-8-10-13-23/h8-17,20,34H,21-22H2,1-7H3. The summed E-state index contributed by atoms with van der Waals surface area (Å²) in [7, 11) is -1.90. The second kappa shape index (κ2) is 11.7. The van der Waals surface area contributed by atoms with E-state index in [1.165, 1.54) is 6.07 Å². The van der Waals surface area contributed by atoms with Crippen molar-refractivity contribution < 1.29 is 13.6 Å². The summed E-state index contributed by atoms with van der Waals surface area (Å²) in [4.78, 5) is 0. The molecule has 0 spiro atoms. The van der Waals surface area contributed by atoms with Crippen LogP contribution in [0.2, 0.25) is 23.2 Å². The molecule has 1 N–H and O–H groups in total. The molecular weight excluding hydrogens is 501 g/mol. The number of hydrogen-bond acceptors (Lipinski definition) is 3. The summed E-state index contributed by atoms with van der Waals surface area (Å²) < 4.78 is 26.4. The van der Waals surface area contributed by atoms with E-state index in [-0.39, 0.29) is 15.5 Å². The smallest absolute Gasteiger partial charge is 0.192 e. The minimum Gasteiger partial charge on any atom is -0.488 e. The van der Waals surface area contributed by atoms with E-state index in [0.717, 1.165) is 16.8 Å². The highest BCUT2D eigenvalue weighted by Crippen LogP contribution is 2.38. The zero-order valence-electron chi connectivity index (χ0n) is 22.8. The van der Waals surface area contributed by atoms with Gasteiger partial charge in [-0.2, -0.15) is 0 Å². The summed E-state index contributed by atoms with van der Waals surface area (Å²) in [5.41, 5.74) is 2.82. The molecule has 0 saturated carbocycles. The fourth-order valence-electron chi connectivity index (χ4n) is 3.19. The van der Waals surface area contributed by atoms with Gasteiger partial charge in [-0.25, -0.2) is 4.39 Å². The Hall–Kier alpha value is -2.78. The summed E-state index contributed by atoms with van der Waals surface area (Å²) in [6.45, 7) is 16.3. The van der Waals surface area contributed by atoms with E-state index >= 15 is 0 Å². The topological polar surface area (TPSA) is 30.5 Å². The Morgan fingerprint density at radius 1 is 0.946 bits per heavy atom. The molecule has 6 heteroatoms. The average molecular weight is 538 g/mol. The Morgan fingerprint density at radius 3 is 2.30 bits per heavy atom. The van der Waals surface area contributed by atoms with Gasteiger partial charge < -0.3 is 14.5 Å². The Bertz CT molecular complexity index is 1270. The van der Waals surface area contributed by atoms with Crippen molar-refractivity contribution in [1.82, 2.24) is 0 Å². The maximum absolute atomic E-state index is 13.7. The van der Waals surface area contributed by atoms with Crippen LogP contribution >= 0.6 is 11.6 Å². The van der Waals surface area contributed by atoms with Gasteiger partial charge >= 0.3 is 0 Å². The van der Waals surface area contributed by atoms with Crippen LogP contribution in [0.3, 0.4) is 0 Å². The van der Waals surface area contributed by atoms with Gasteiger partial charge in [0.25, 0.3) is 0 Å². The largest absolute Gasteiger partial charge is 0.488 e. The Morgan fingerprint density at radius 2 is 1.65 bits per heavy atom. The normalized spacial score (nSPS) is 12.0. The third-order valence-corrected chi connectivity index (χ3v) is 11.4. The highest BCUT2D eigenvalue weighted by atomic mass is 35.5. The van der Waals surface area contributed by atoms with Gasteiger partial charge in [-0.05, 0) is 67.9 Å². The van der Waals surface area contributed by atoms with Gasteiger partial charge in [0.1, 0.15) is 18.2 Å². The average Bonchev–Trinajstić information content (AvgIpc) is 2.83. The molecule has 196 valence electrons. The van der Waals surface area contributed by atoms with E-state index in [2.05, 4.69) is 64.9 Å². The van der Waals surface area contributed by atoms with Crippen molar-refractivity contribution in [3.63, 3.8) is 0 Å². The Labute approximate surface area is 227 Å². The molecule has 3 rings (SSSR count). The highest BCUT2D eigenvalue weighted by molar-refractivity contribution is 6.74. The molecule has 0 unspecified atom stereocenters. The lowest BCUT2D eigenvalue weighted by Gasteiger charge is -2.38. The second-order valence-corrected chi connectivity index (χ2v) is 16.6. The predicted octanol–water partition coefficient (Wildman–Crippen LogP) is 9.20. The lowest BCUT2D eigenvalue weighted by molar-refractivity contribution is 0.209. The first-order valence-corrected chi connectivity index (χ1v) is 15.7. The minimum absolute atomic E-state index is 0.0537. The van der Waals surface area contributed by atoms with Crippen molar-refractivity contribution in [2.45, 2.75) is 59.4 Å². The summed E-state index contributed by atoms with van der Waals surface area (Å²) in [6.07, 6.45) is 0. The van der Waals surface area contributed by atoms with E-state index in [9.17, 15) is 4.39 Å². The molecule has 3 aromatic rings. The first-order chi connectivity index (χ1) is 17.3. The van der Waals surface area contributed by atoms with Gasteiger partial charge in [0.15, 0.2) is 8.32 Å². The SMILES string of the molecule is CC(C)(C#Cc1c(Nc2ccc(F)c(Cl)c2)cccc1OCc1ccccc1)CO[Si](C)(C)C(C)(C)C. The number of hydrogen-bond donors (Lipinski definition) is 1. The number of halogens is 2. The molecular formula is C31H37ClFNO2Si. The minimum atomic E-state index is -1.90. The van der Waals surface area contributed by atoms with Crippen LogP contribution in [0.1, 0.15) is 45.7 Å². The molecule has 0 aliphatic heterocycles. The maximum atomic E-state index is 13.7. The summed E-state index contributed by atoms with van der Waals surface area (Å²) in [5.74, 6) is 7.00. The van der Waals surface area contributed by atoms with Gasteiger partial charge in [-0.1, -0.05) is 80.6 Å². The number of ether oxygens (including phenoxy) is 1. The van der Waals surface area contributed by atoms with Crippen LogP contribution in [0.5, 0.6) is 5.75 Å². The summed E-state index contributed by atoms with van der Waals surface area (Å²) in [5, 5.41) is 3.51. The summed E-state index contributed by atoms with van der Waals surface area (Å²) in [6, 6.07) is 20.3. The van der Waals surface area contributed by atoms with Gasteiger partial charge in [0.2, 0.25) is 0 Å². The third-order valence-electron chi connectivity index (χ3n) is 6.59. The fraction of sp³-hybridized carbons (Fsp3) is 0.355. The van der Waals surface area contributed by atoms with E-state index in [4.69, 9.17) is 20.8 Å².